The van der Waals surface area contributed by atoms with Crippen molar-refractivity contribution in [3.63, 3.8) is 0 Å². The van der Waals surface area contributed by atoms with E-state index < -0.39 is 10.0 Å². The van der Waals surface area contributed by atoms with Gasteiger partial charge in [0.15, 0.2) is 5.11 Å². The number of hydrogen-bond donors (Lipinski definition) is 3. The molecule has 30 heavy (non-hydrogen) atoms. The molecule has 11 heteroatoms. The normalized spacial score (nSPS) is 14.6. The average Bonchev–Trinajstić information content (AvgIpc) is 2.75. The zero-order chi connectivity index (χ0) is 21.6. The van der Waals surface area contributed by atoms with Crippen LogP contribution in [0.2, 0.25) is 0 Å². The van der Waals surface area contributed by atoms with Crippen LogP contribution in [0.1, 0.15) is 32.1 Å². The molecule has 0 radical (unpaired) electrons. The van der Waals surface area contributed by atoms with Gasteiger partial charge in [-0.25, -0.2) is 18.4 Å². The molecule has 1 aromatic heterocycles. The largest absolute Gasteiger partial charge is 0.478 e. The van der Waals surface area contributed by atoms with E-state index in [-0.39, 0.29) is 33.5 Å². The zero-order valence-corrected chi connectivity index (χ0v) is 18.1. The van der Waals surface area contributed by atoms with E-state index in [0.29, 0.717) is 5.69 Å². The van der Waals surface area contributed by atoms with E-state index in [1.165, 1.54) is 38.1 Å². The average molecular weight is 450 g/mol. The minimum absolute atomic E-state index is 0.00447. The van der Waals surface area contributed by atoms with E-state index in [2.05, 4.69) is 25.3 Å². The summed E-state index contributed by atoms with van der Waals surface area (Å²) in [5.41, 5.74) is 0.556. The van der Waals surface area contributed by atoms with Gasteiger partial charge >= 0.3 is 0 Å². The standard InChI is InChI=1S/C19H23N5O4S2/c1-28-18-16(20-11-12-21-18)24-30(26,27)15-9-7-14(8-10-15)22-19(29)23-17(25)13-5-3-2-4-6-13/h7-13H,2-6H2,1H3,(H,20,24)(H2,22,23,25,29). The number of aromatic nitrogens is 2. The molecule has 2 aromatic rings. The first-order valence-electron chi connectivity index (χ1n) is 9.49. The minimum Gasteiger partial charge on any atom is -0.478 e. The maximum atomic E-state index is 12.6. The number of amides is 1. The molecule has 0 atom stereocenters. The molecule has 1 saturated carbocycles. The molecule has 0 unspecified atom stereocenters. The number of anilines is 2. The second-order valence-electron chi connectivity index (χ2n) is 6.82. The summed E-state index contributed by atoms with van der Waals surface area (Å²) >= 11 is 5.20. The summed E-state index contributed by atoms with van der Waals surface area (Å²) < 4.78 is 32.5. The van der Waals surface area contributed by atoms with Gasteiger partial charge in [0.1, 0.15) is 0 Å². The number of ether oxygens (including phenoxy) is 1. The van der Waals surface area contributed by atoms with Gasteiger partial charge in [-0.1, -0.05) is 19.3 Å². The van der Waals surface area contributed by atoms with Gasteiger partial charge < -0.3 is 15.4 Å². The topological polar surface area (TPSA) is 122 Å². The third kappa shape index (κ3) is 5.63. The fourth-order valence-electron chi connectivity index (χ4n) is 3.19. The van der Waals surface area contributed by atoms with E-state index in [1.54, 1.807) is 12.1 Å². The predicted octanol–water partition coefficient (Wildman–Crippen LogP) is 2.68. The van der Waals surface area contributed by atoms with Crippen LogP contribution >= 0.6 is 12.2 Å². The first-order valence-corrected chi connectivity index (χ1v) is 11.4. The molecule has 0 aliphatic heterocycles. The highest BCUT2D eigenvalue weighted by molar-refractivity contribution is 7.92. The quantitative estimate of drug-likeness (QED) is 0.576. The number of benzene rings is 1. The third-order valence-corrected chi connectivity index (χ3v) is 6.28. The molecule has 1 amide bonds. The summed E-state index contributed by atoms with van der Waals surface area (Å²) in [4.78, 5) is 20.1. The van der Waals surface area contributed by atoms with Crippen molar-refractivity contribution >= 4 is 44.8 Å². The summed E-state index contributed by atoms with van der Waals surface area (Å²) in [6, 6.07) is 5.95. The van der Waals surface area contributed by atoms with Gasteiger partial charge in [0.05, 0.1) is 12.0 Å². The number of carbonyl (C=O) groups excluding carboxylic acids is 1. The number of hydrogen-bond acceptors (Lipinski definition) is 7. The highest BCUT2D eigenvalue weighted by Gasteiger charge is 2.22. The lowest BCUT2D eigenvalue weighted by molar-refractivity contribution is -0.124. The van der Waals surface area contributed by atoms with Crippen LogP contribution in [-0.2, 0) is 14.8 Å². The van der Waals surface area contributed by atoms with E-state index in [9.17, 15) is 13.2 Å². The number of thiocarbonyl (C=S) groups is 1. The number of carbonyl (C=O) groups is 1. The van der Waals surface area contributed by atoms with Crippen molar-refractivity contribution in [2.75, 3.05) is 17.1 Å². The second kappa shape index (κ2) is 9.81. The van der Waals surface area contributed by atoms with Crippen LogP contribution < -0.4 is 20.1 Å². The fraction of sp³-hybridized carbons (Fsp3) is 0.368. The lowest BCUT2D eigenvalue weighted by atomic mass is 9.89. The van der Waals surface area contributed by atoms with Crippen LogP contribution in [0.4, 0.5) is 11.5 Å². The molecule has 1 aromatic carbocycles. The number of sulfonamides is 1. The lowest BCUT2D eigenvalue weighted by Crippen LogP contribution is -2.38. The Balaban J connectivity index is 1.61. The zero-order valence-electron chi connectivity index (χ0n) is 16.4. The number of methoxy groups -OCH3 is 1. The number of nitrogens with zero attached hydrogens (tertiary/aromatic N) is 2. The SMILES string of the molecule is COc1nccnc1NS(=O)(=O)c1ccc(NC(=S)NC(=O)C2CCCCC2)cc1. The molecule has 0 bridgehead atoms. The van der Waals surface area contributed by atoms with Crippen LogP contribution in [0.3, 0.4) is 0 Å². The van der Waals surface area contributed by atoms with Crippen molar-refractivity contribution in [3.05, 3.63) is 36.7 Å². The molecular weight excluding hydrogens is 426 g/mol. The Hall–Kier alpha value is -2.79. The fourth-order valence-corrected chi connectivity index (χ4v) is 4.41. The Bertz CT molecular complexity index is 1010. The molecule has 0 spiro atoms. The summed E-state index contributed by atoms with van der Waals surface area (Å²) in [6.07, 6.45) is 7.80. The Morgan fingerprint density at radius 2 is 1.77 bits per heavy atom. The predicted molar refractivity (Wildman–Crippen MR) is 117 cm³/mol. The van der Waals surface area contributed by atoms with Gasteiger partial charge in [-0.3, -0.25) is 9.52 Å². The van der Waals surface area contributed by atoms with Crippen molar-refractivity contribution in [2.24, 2.45) is 5.92 Å². The minimum atomic E-state index is -3.89. The highest BCUT2D eigenvalue weighted by atomic mass is 32.2. The number of rotatable bonds is 6. The van der Waals surface area contributed by atoms with Crippen LogP contribution in [0.25, 0.3) is 0 Å². The highest BCUT2D eigenvalue weighted by Crippen LogP contribution is 2.24. The Morgan fingerprint density at radius 3 is 2.43 bits per heavy atom. The van der Waals surface area contributed by atoms with Crippen LogP contribution in [0.15, 0.2) is 41.6 Å². The molecule has 0 saturated heterocycles. The van der Waals surface area contributed by atoms with Crippen molar-refractivity contribution in [1.82, 2.24) is 15.3 Å². The van der Waals surface area contributed by atoms with E-state index >= 15 is 0 Å². The summed E-state index contributed by atoms with van der Waals surface area (Å²) in [6.45, 7) is 0. The molecule has 1 heterocycles. The van der Waals surface area contributed by atoms with Crippen molar-refractivity contribution in [2.45, 2.75) is 37.0 Å². The molecule has 1 aliphatic carbocycles. The molecule has 9 nitrogen and oxygen atoms in total. The third-order valence-electron chi connectivity index (χ3n) is 4.72. The maximum Gasteiger partial charge on any atom is 0.263 e. The van der Waals surface area contributed by atoms with Crippen LogP contribution in [0.5, 0.6) is 5.88 Å². The maximum absolute atomic E-state index is 12.6. The van der Waals surface area contributed by atoms with Gasteiger partial charge in [-0.2, -0.15) is 0 Å². The van der Waals surface area contributed by atoms with Gasteiger partial charge in [0, 0.05) is 24.0 Å². The van der Waals surface area contributed by atoms with E-state index in [1.807, 2.05) is 0 Å². The second-order valence-corrected chi connectivity index (χ2v) is 8.91. The molecular formula is C19H23N5O4S2. The van der Waals surface area contributed by atoms with Gasteiger partial charge in [-0.05, 0) is 49.3 Å². The first kappa shape index (κ1) is 21.9. The van der Waals surface area contributed by atoms with Gasteiger partial charge in [0.25, 0.3) is 15.9 Å². The Kier molecular flexibility index (Phi) is 7.16. The molecule has 3 N–H and O–H groups in total. The van der Waals surface area contributed by atoms with Crippen molar-refractivity contribution in [1.29, 1.82) is 0 Å². The van der Waals surface area contributed by atoms with Gasteiger partial charge in [-0.15, -0.1) is 0 Å². The van der Waals surface area contributed by atoms with Gasteiger partial charge in [0.2, 0.25) is 11.7 Å². The Morgan fingerprint density at radius 1 is 1.10 bits per heavy atom. The monoisotopic (exact) mass is 449 g/mol. The van der Waals surface area contributed by atoms with E-state index in [4.69, 9.17) is 17.0 Å². The molecule has 3 rings (SSSR count). The van der Waals surface area contributed by atoms with Crippen LogP contribution in [-0.4, -0.2) is 36.5 Å². The lowest BCUT2D eigenvalue weighted by Gasteiger charge is -2.21. The first-order chi connectivity index (χ1) is 14.4. The Labute approximate surface area is 180 Å². The van der Waals surface area contributed by atoms with Crippen LogP contribution in [0, 0.1) is 5.92 Å². The summed E-state index contributed by atoms with van der Waals surface area (Å²) in [7, 11) is -2.51. The number of nitrogens with one attached hydrogen (secondary N) is 3. The smallest absolute Gasteiger partial charge is 0.263 e. The van der Waals surface area contributed by atoms with Crippen molar-refractivity contribution < 1.29 is 17.9 Å². The summed E-state index contributed by atoms with van der Waals surface area (Å²) in [5.74, 6) is -0.0177. The van der Waals surface area contributed by atoms with Crippen molar-refractivity contribution in [3.8, 4) is 5.88 Å². The van der Waals surface area contributed by atoms with E-state index in [0.717, 1.165) is 25.7 Å². The molecule has 1 aliphatic rings. The molecule has 160 valence electrons. The summed E-state index contributed by atoms with van der Waals surface area (Å²) in [5, 5.41) is 5.79. The molecule has 1 fully saturated rings.